The van der Waals surface area contributed by atoms with E-state index in [-0.39, 0.29) is 11.2 Å². The van der Waals surface area contributed by atoms with Crippen LogP contribution in [0.15, 0.2) is 70.7 Å². The van der Waals surface area contributed by atoms with Gasteiger partial charge >= 0.3 is 0 Å². The number of thioether (sulfide) groups is 2. The average Bonchev–Trinajstić information content (AvgIpc) is 3.41. The van der Waals surface area contributed by atoms with Crippen molar-refractivity contribution in [1.82, 2.24) is 14.8 Å². The minimum Gasteiger partial charge on any atom is -0.316 e. The Balaban J connectivity index is 1.58. The van der Waals surface area contributed by atoms with Crippen LogP contribution in [0, 0.1) is 25.2 Å². The monoisotopic (exact) mass is 519 g/mol. The van der Waals surface area contributed by atoms with Crippen molar-refractivity contribution in [3.8, 4) is 11.8 Å². The zero-order valence-corrected chi connectivity index (χ0v) is 22.1. The number of aromatic nitrogens is 3. The molecule has 2 aromatic carbocycles. The lowest BCUT2D eigenvalue weighted by Gasteiger charge is -2.15. The number of nitriles is 1. The van der Waals surface area contributed by atoms with Crippen LogP contribution in [0.1, 0.15) is 35.2 Å². The third-order valence-corrected chi connectivity index (χ3v) is 8.91. The molecule has 2 heterocycles. The number of thiophene rings is 1. The van der Waals surface area contributed by atoms with Crippen LogP contribution in [0.2, 0.25) is 0 Å². The van der Waals surface area contributed by atoms with Crippen molar-refractivity contribution in [1.29, 1.82) is 5.26 Å². The van der Waals surface area contributed by atoms with Crippen molar-refractivity contribution in [3.05, 3.63) is 82.5 Å². The third kappa shape index (κ3) is 5.78. The minimum atomic E-state index is -0.384. The molecule has 0 aliphatic heterocycles. The topological polar surface area (TPSA) is 83.6 Å². The number of carbonyl (C=O) groups is 1. The second-order valence-electron chi connectivity index (χ2n) is 7.77. The number of rotatable bonds is 9. The van der Waals surface area contributed by atoms with Crippen LogP contribution in [0.25, 0.3) is 5.69 Å². The Morgan fingerprint density at radius 2 is 1.80 bits per heavy atom. The first-order valence-electron chi connectivity index (χ1n) is 11.2. The number of carbonyl (C=O) groups excluding carboxylic acids is 1. The number of anilines is 1. The van der Waals surface area contributed by atoms with E-state index in [1.54, 1.807) is 11.8 Å². The van der Waals surface area contributed by atoms with Gasteiger partial charge in [-0.15, -0.1) is 33.3 Å². The molecule has 6 nitrogen and oxygen atoms in total. The summed E-state index contributed by atoms with van der Waals surface area (Å²) < 4.78 is 2.02. The Bertz CT molecular complexity index is 1340. The standard InChI is InChI=1S/C26H25N5OS3/c1-4-22(24(32)28-25-21(15-27)17(2)18(3)34-25)35-26-30-29-23(16-33-20-13-9-6-10-14-20)31(26)19-11-7-5-8-12-19/h5-14,22H,4,16H2,1-3H3,(H,28,32). The van der Waals surface area contributed by atoms with Crippen LogP contribution in [-0.4, -0.2) is 25.9 Å². The van der Waals surface area contributed by atoms with Crippen molar-refractivity contribution in [2.24, 2.45) is 0 Å². The molecular weight excluding hydrogens is 495 g/mol. The van der Waals surface area contributed by atoms with Gasteiger partial charge in [-0.05, 0) is 50.1 Å². The van der Waals surface area contributed by atoms with E-state index in [9.17, 15) is 10.1 Å². The molecule has 9 heteroatoms. The molecule has 4 aromatic rings. The van der Waals surface area contributed by atoms with Gasteiger partial charge in [0.25, 0.3) is 0 Å². The molecule has 0 aliphatic rings. The molecule has 0 spiro atoms. The summed E-state index contributed by atoms with van der Waals surface area (Å²) in [4.78, 5) is 15.4. The van der Waals surface area contributed by atoms with E-state index in [4.69, 9.17) is 0 Å². The molecule has 0 aliphatic carbocycles. The lowest BCUT2D eigenvalue weighted by Crippen LogP contribution is -2.25. The predicted octanol–water partition coefficient (Wildman–Crippen LogP) is 6.62. The second kappa shape index (κ2) is 11.6. The summed E-state index contributed by atoms with van der Waals surface area (Å²) in [5.74, 6) is 1.33. The highest BCUT2D eigenvalue weighted by Crippen LogP contribution is 2.34. The molecule has 35 heavy (non-hydrogen) atoms. The summed E-state index contributed by atoms with van der Waals surface area (Å²) in [5, 5.41) is 22.4. The van der Waals surface area contributed by atoms with Crippen LogP contribution in [0.5, 0.6) is 0 Å². The normalized spacial score (nSPS) is 11.7. The van der Waals surface area contributed by atoms with E-state index < -0.39 is 0 Å². The maximum Gasteiger partial charge on any atom is 0.238 e. The molecule has 4 rings (SSSR count). The van der Waals surface area contributed by atoms with Crippen molar-refractivity contribution in [2.45, 2.75) is 48.2 Å². The van der Waals surface area contributed by atoms with E-state index >= 15 is 0 Å². The van der Waals surface area contributed by atoms with E-state index in [2.05, 4.69) is 33.7 Å². The number of benzene rings is 2. The number of amides is 1. The Kier molecular flexibility index (Phi) is 8.29. The summed E-state index contributed by atoms with van der Waals surface area (Å²) in [7, 11) is 0. The number of para-hydroxylation sites is 1. The highest BCUT2D eigenvalue weighted by atomic mass is 32.2. The molecule has 0 radical (unpaired) electrons. The molecule has 0 saturated heterocycles. The van der Waals surface area contributed by atoms with E-state index in [0.29, 0.717) is 27.9 Å². The molecular formula is C26H25N5OS3. The first-order chi connectivity index (χ1) is 17.0. The van der Waals surface area contributed by atoms with Gasteiger partial charge in [0.1, 0.15) is 16.9 Å². The van der Waals surface area contributed by atoms with Crippen LogP contribution < -0.4 is 5.32 Å². The van der Waals surface area contributed by atoms with Gasteiger partial charge in [-0.2, -0.15) is 5.26 Å². The summed E-state index contributed by atoms with van der Waals surface area (Å²) in [6, 6.07) is 22.4. The van der Waals surface area contributed by atoms with Gasteiger partial charge in [-0.25, -0.2) is 0 Å². The molecule has 178 valence electrons. The smallest absolute Gasteiger partial charge is 0.238 e. The van der Waals surface area contributed by atoms with Gasteiger partial charge in [-0.3, -0.25) is 9.36 Å². The fourth-order valence-electron chi connectivity index (χ4n) is 3.46. The largest absolute Gasteiger partial charge is 0.316 e. The average molecular weight is 520 g/mol. The molecule has 1 unspecified atom stereocenters. The fraction of sp³-hybridized carbons (Fsp3) is 0.231. The van der Waals surface area contributed by atoms with Gasteiger partial charge in [0, 0.05) is 15.5 Å². The summed E-state index contributed by atoms with van der Waals surface area (Å²) in [6.07, 6.45) is 0.609. The number of hydrogen-bond donors (Lipinski definition) is 1. The minimum absolute atomic E-state index is 0.141. The Labute approximate surface area is 217 Å². The summed E-state index contributed by atoms with van der Waals surface area (Å²) in [5.41, 5.74) is 2.40. The maximum absolute atomic E-state index is 13.2. The molecule has 1 N–H and O–H groups in total. The molecule has 1 atom stereocenters. The third-order valence-electron chi connectivity index (χ3n) is 5.47. The second-order valence-corrected chi connectivity index (χ2v) is 11.2. The molecule has 2 aromatic heterocycles. The van der Waals surface area contributed by atoms with Gasteiger partial charge in [0.05, 0.1) is 16.6 Å². The molecule has 0 fully saturated rings. The van der Waals surface area contributed by atoms with Crippen molar-refractivity contribution in [3.63, 3.8) is 0 Å². The van der Waals surface area contributed by atoms with Gasteiger partial charge in [0.15, 0.2) is 5.16 Å². The highest BCUT2D eigenvalue weighted by Gasteiger charge is 2.25. The predicted molar refractivity (Wildman–Crippen MR) is 144 cm³/mol. The van der Waals surface area contributed by atoms with Crippen LogP contribution in [0.4, 0.5) is 5.00 Å². The Hall–Kier alpha value is -3.06. The van der Waals surface area contributed by atoms with E-state index in [1.165, 1.54) is 23.1 Å². The van der Waals surface area contributed by atoms with E-state index in [0.717, 1.165) is 26.8 Å². The van der Waals surface area contributed by atoms with Gasteiger partial charge in [0.2, 0.25) is 5.91 Å². The zero-order chi connectivity index (χ0) is 24.8. The van der Waals surface area contributed by atoms with E-state index in [1.807, 2.05) is 73.9 Å². The van der Waals surface area contributed by atoms with Crippen molar-refractivity contribution < 1.29 is 4.79 Å². The lowest BCUT2D eigenvalue weighted by atomic mass is 10.2. The maximum atomic E-state index is 13.2. The quantitative estimate of drug-likeness (QED) is 0.250. The number of nitrogens with zero attached hydrogens (tertiary/aromatic N) is 4. The zero-order valence-electron chi connectivity index (χ0n) is 19.7. The first-order valence-corrected chi connectivity index (χ1v) is 13.8. The molecule has 0 saturated carbocycles. The van der Waals surface area contributed by atoms with Gasteiger partial charge in [-0.1, -0.05) is 55.1 Å². The summed E-state index contributed by atoms with van der Waals surface area (Å²) in [6.45, 7) is 5.84. The molecule has 1 amide bonds. The number of aryl methyl sites for hydroxylation is 1. The van der Waals surface area contributed by atoms with Crippen molar-refractivity contribution >= 4 is 45.8 Å². The first kappa shape index (κ1) is 25.0. The Morgan fingerprint density at radius 3 is 2.46 bits per heavy atom. The number of nitrogens with one attached hydrogen (secondary N) is 1. The fourth-order valence-corrected chi connectivity index (χ4v) is 6.30. The Morgan fingerprint density at radius 1 is 1.11 bits per heavy atom. The van der Waals surface area contributed by atoms with Crippen LogP contribution >= 0.6 is 34.9 Å². The van der Waals surface area contributed by atoms with Gasteiger partial charge < -0.3 is 5.32 Å². The summed E-state index contributed by atoms with van der Waals surface area (Å²) >= 11 is 4.53. The van der Waals surface area contributed by atoms with Crippen LogP contribution in [-0.2, 0) is 10.5 Å². The number of hydrogen-bond acceptors (Lipinski definition) is 7. The highest BCUT2D eigenvalue weighted by molar-refractivity contribution is 8.00. The van der Waals surface area contributed by atoms with Crippen molar-refractivity contribution in [2.75, 3.05) is 5.32 Å². The SMILES string of the molecule is CCC(Sc1nnc(CSc2ccccc2)n1-c1ccccc1)C(=O)Nc1sc(C)c(C)c1C#N. The molecule has 0 bridgehead atoms. The lowest BCUT2D eigenvalue weighted by molar-refractivity contribution is -0.115. The van der Waals surface area contributed by atoms with Crippen LogP contribution in [0.3, 0.4) is 0 Å².